The molecule has 0 aromatic heterocycles. The van der Waals surface area contributed by atoms with Gasteiger partial charge in [-0.25, -0.2) is 4.39 Å². The second kappa shape index (κ2) is 8.42. The van der Waals surface area contributed by atoms with Crippen molar-refractivity contribution in [2.45, 2.75) is 26.3 Å². The number of nitrogens with one attached hydrogen (secondary N) is 1. The molecule has 3 heteroatoms. The van der Waals surface area contributed by atoms with Crippen LogP contribution in [0.1, 0.15) is 24.5 Å². The highest BCUT2D eigenvalue weighted by Gasteiger charge is 2.05. The van der Waals surface area contributed by atoms with E-state index in [1.807, 2.05) is 25.1 Å². The Morgan fingerprint density at radius 2 is 1.90 bits per heavy atom. The van der Waals surface area contributed by atoms with Gasteiger partial charge in [-0.05, 0) is 43.1 Å². The van der Waals surface area contributed by atoms with Gasteiger partial charge < -0.3 is 10.1 Å². The minimum absolute atomic E-state index is 0.223. The van der Waals surface area contributed by atoms with E-state index in [-0.39, 0.29) is 5.82 Å². The fourth-order valence-electron chi connectivity index (χ4n) is 2.19. The van der Waals surface area contributed by atoms with Crippen molar-refractivity contribution in [3.8, 4) is 5.75 Å². The number of halogens is 1. The van der Waals surface area contributed by atoms with Crippen molar-refractivity contribution in [1.82, 2.24) is 5.32 Å². The number of benzene rings is 2. The maximum atomic E-state index is 13.3. The minimum Gasteiger partial charge on any atom is -0.493 e. The van der Waals surface area contributed by atoms with E-state index in [1.165, 1.54) is 17.7 Å². The van der Waals surface area contributed by atoms with Crippen molar-refractivity contribution >= 4 is 0 Å². The van der Waals surface area contributed by atoms with Crippen molar-refractivity contribution in [1.29, 1.82) is 0 Å². The van der Waals surface area contributed by atoms with E-state index in [2.05, 4.69) is 17.4 Å². The molecule has 0 atom stereocenters. The summed E-state index contributed by atoms with van der Waals surface area (Å²) in [7, 11) is 0. The molecule has 0 heterocycles. The van der Waals surface area contributed by atoms with Crippen LogP contribution >= 0.6 is 0 Å². The van der Waals surface area contributed by atoms with Crippen LogP contribution in [0.3, 0.4) is 0 Å². The fourth-order valence-corrected chi connectivity index (χ4v) is 2.19. The molecule has 0 fully saturated rings. The Hall–Kier alpha value is -1.87. The van der Waals surface area contributed by atoms with E-state index in [4.69, 9.17) is 4.74 Å². The van der Waals surface area contributed by atoms with Crippen LogP contribution in [-0.2, 0) is 13.0 Å². The first-order valence-electron chi connectivity index (χ1n) is 7.45. The Morgan fingerprint density at radius 3 is 2.67 bits per heavy atom. The molecule has 0 aliphatic carbocycles. The quantitative estimate of drug-likeness (QED) is 0.742. The molecule has 2 rings (SSSR count). The van der Waals surface area contributed by atoms with Gasteiger partial charge in [-0.2, -0.15) is 0 Å². The van der Waals surface area contributed by atoms with Crippen molar-refractivity contribution in [2.75, 3.05) is 13.2 Å². The van der Waals surface area contributed by atoms with Gasteiger partial charge in [0, 0.05) is 12.1 Å². The molecule has 0 aliphatic rings. The van der Waals surface area contributed by atoms with Crippen LogP contribution in [-0.4, -0.2) is 13.2 Å². The smallest absolute Gasteiger partial charge is 0.123 e. The van der Waals surface area contributed by atoms with Crippen molar-refractivity contribution in [2.24, 2.45) is 0 Å². The monoisotopic (exact) mass is 287 g/mol. The highest BCUT2D eigenvalue weighted by atomic mass is 19.1. The molecule has 0 saturated heterocycles. The summed E-state index contributed by atoms with van der Waals surface area (Å²) in [6.07, 6.45) is 1.94. The van der Waals surface area contributed by atoms with Gasteiger partial charge in [0.25, 0.3) is 0 Å². The predicted octanol–water partition coefficient (Wildman–Crippen LogP) is 3.95. The normalized spacial score (nSPS) is 10.6. The van der Waals surface area contributed by atoms with Gasteiger partial charge >= 0.3 is 0 Å². The number of hydrogen-bond donors (Lipinski definition) is 1. The zero-order valence-corrected chi connectivity index (χ0v) is 12.4. The summed E-state index contributed by atoms with van der Waals surface area (Å²) in [6, 6.07) is 15.0. The number of rotatable bonds is 8. The topological polar surface area (TPSA) is 21.3 Å². The van der Waals surface area contributed by atoms with E-state index < -0.39 is 0 Å². The zero-order valence-electron chi connectivity index (χ0n) is 12.4. The Balaban J connectivity index is 1.84. The molecule has 0 radical (unpaired) electrons. The molecule has 0 bridgehead atoms. The molecule has 0 unspecified atom stereocenters. The first-order valence-corrected chi connectivity index (χ1v) is 7.45. The maximum Gasteiger partial charge on any atom is 0.123 e. The minimum atomic E-state index is -0.223. The lowest BCUT2D eigenvalue weighted by Crippen LogP contribution is -2.13. The molecule has 0 spiro atoms. The SMILES string of the molecule is CCNCc1cc(F)ccc1OCCCc1ccccc1. The third-order valence-corrected chi connectivity index (χ3v) is 3.30. The van der Waals surface area contributed by atoms with Crippen LogP contribution < -0.4 is 10.1 Å². The van der Waals surface area contributed by atoms with Gasteiger partial charge in [-0.15, -0.1) is 0 Å². The van der Waals surface area contributed by atoms with Crippen molar-refractivity contribution in [3.63, 3.8) is 0 Å². The van der Waals surface area contributed by atoms with Crippen molar-refractivity contribution < 1.29 is 9.13 Å². The number of aryl methyl sites for hydroxylation is 1. The second-order valence-electron chi connectivity index (χ2n) is 4.97. The van der Waals surface area contributed by atoms with Gasteiger partial charge in [-0.3, -0.25) is 0 Å². The van der Waals surface area contributed by atoms with Crippen LogP contribution in [0.2, 0.25) is 0 Å². The molecule has 0 amide bonds. The average Bonchev–Trinajstić information content (AvgIpc) is 2.52. The highest BCUT2D eigenvalue weighted by Crippen LogP contribution is 2.20. The van der Waals surface area contributed by atoms with E-state index in [1.54, 1.807) is 6.07 Å². The standard InChI is InChI=1S/C18H22FNO/c1-2-20-14-16-13-17(19)10-11-18(16)21-12-6-9-15-7-4-3-5-8-15/h3-5,7-8,10-11,13,20H,2,6,9,12,14H2,1H3. The van der Waals surface area contributed by atoms with E-state index in [0.29, 0.717) is 13.2 Å². The van der Waals surface area contributed by atoms with E-state index >= 15 is 0 Å². The Kier molecular flexibility index (Phi) is 6.22. The van der Waals surface area contributed by atoms with Gasteiger partial charge in [0.05, 0.1) is 6.61 Å². The lowest BCUT2D eigenvalue weighted by atomic mass is 10.1. The summed E-state index contributed by atoms with van der Waals surface area (Å²) in [5.74, 6) is 0.546. The Morgan fingerprint density at radius 1 is 1.10 bits per heavy atom. The van der Waals surface area contributed by atoms with Crippen molar-refractivity contribution in [3.05, 3.63) is 65.5 Å². The first-order chi connectivity index (χ1) is 10.3. The molecule has 2 aromatic carbocycles. The molecular weight excluding hydrogens is 265 g/mol. The molecule has 0 saturated carbocycles. The first kappa shape index (κ1) is 15.5. The average molecular weight is 287 g/mol. The lowest BCUT2D eigenvalue weighted by Gasteiger charge is -2.12. The third kappa shape index (κ3) is 5.20. The van der Waals surface area contributed by atoms with Gasteiger partial charge in [0.1, 0.15) is 11.6 Å². The summed E-state index contributed by atoms with van der Waals surface area (Å²) < 4.78 is 19.1. The van der Waals surface area contributed by atoms with Crippen LogP contribution in [0.25, 0.3) is 0 Å². The van der Waals surface area contributed by atoms with E-state index in [0.717, 1.165) is 30.7 Å². The second-order valence-corrected chi connectivity index (χ2v) is 4.97. The molecular formula is C18H22FNO. The number of hydrogen-bond acceptors (Lipinski definition) is 2. The maximum absolute atomic E-state index is 13.3. The predicted molar refractivity (Wildman–Crippen MR) is 84.0 cm³/mol. The number of ether oxygens (including phenoxy) is 1. The highest BCUT2D eigenvalue weighted by molar-refractivity contribution is 5.34. The third-order valence-electron chi connectivity index (χ3n) is 3.30. The molecule has 0 aliphatic heterocycles. The largest absolute Gasteiger partial charge is 0.493 e. The van der Waals surface area contributed by atoms with E-state index in [9.17, 15) is 4.39 Å². The van der Waals surface area contributed by atoms with Gasteiger partial charge in [-0.1, -0.05) is 37.3 Å². The fraction of sp³-hybridized carbons (Fsp3) is 0.333. The zero-order chi connectivity index (χ0) is 14.9. The lowest BCUT2D eigenvalue weighted by molar-refractivity contribution is 0.306. The van der Waals surface area contributed by atoms with Crippen LogP contribution in [0.15, 0.2) is 48.5 Å². The van der Waals surface area contributed by atoms with Gasteiger partial charge in [0.15, 0.2) is 0 Å². The Bertz CT molecular complexity index is 542. The molecule has 112 valence electrons. The molecule has 21 heavy (non-hydrogen) atoms. The molecule has 2 aromatic rings. The summed E-state index contributed by atoms with van der Waals surface area (Å²) in [6.45, 7) is 4.14. The van der Waals surface area contributed by atoms with Crippen LogP contribution in [0, 0.1) is 5.82 Å². The van der Waals surface area contributed by atoms with Gasteiger partial charge in [0.2, 0.25) is 0 Å². The molecule has 2 nitrogen and oxygen atoms in total. The van der Waals surface area contributed by atoms with Crippen LogP contribution in [0.4, 0.5) is 4.39 Å². The summed E-state index contributed by atoms with van der Waals surface area (Å²) in [5.41, 5.74) is 2.18. The summed E-state index contributed by atoms with van der Waals surface area (Å²) >= 11 is 0. The summed E-state index contributed by atoms with van der Waals surface area (Å²) in [4.78, 5) is 0. The Labute approximate surface area is 126 Å². The molecule has 1 N–H and O–H groups in total. The van der Waals surface area contributed by atoms with Crippen LogP contribution in [0.5, 0.6) is 5.75 Å². The summed E-state index contributed by atoms with van der Waals surface area (Å²) in [5, 5.41) is 3.20.